The lowest BCUT2D eigenvalue weighted by Crippen LogP contribution is -2.21. The molecule has 1 aromatic carbocycles. The van der Waals surface area contributed by atoms with E-state index in [0.29, 0.717) is 13.0 Å². The van der Waals surface area contributed by atoms with Crippen LogP contribution in [-0.4, -0.2) is 26.3 Å². The third-order valence-corrected chi connectivity index (χ3v) is 2.80. The third-order valence-electron chi connectivity index (χ3n) is 2.80. The Kier molecular flexibility index (Phi) is 3.65. The van der Waals surface area contributed by atoms with Crippen LogP contribution in [0.5, 0.6) is 11.5 Å². The van der Waals surface area contributed by atoms with Crippen molar-refractivity contribution in [1.29, 1.82) is 0 Å². The summed E-state index contributed by atoms with van der Waals surface area (Å²) in [4.78, 5) is 0. The lowest BCUT2D eigenvalue weighted by Gasteiger charge is -2.18. The molecule has 1 N–H and O–H groups in total. The van der Waals surface area contributed by atoms with Gasteiger partial charge >= 0.3 is 6.18 Å². The SMILES string of the molecule is COc1ccc(OC2CCNC2)c(C(F)(F)F)c1. The number of halogens is 3. The number of benzene rings is 1. The third kappa shape index (κ3) is 2.87. The summed E-state index contributed by atoms with van der Waals surface area (Å²) in [6, 6.07) is 3.73. The molecule has 0 aromatic heterocycles. The minimum Gasteiger partial charge on any atom is -0.497 e. The second-order valence-electron chi connectivity index (χ2n) is 4.09. The summed E-state index contributed by atoms with van der Waals surface area (Å²) in [7, 11) is 1.33. The molecule has 1 heterocycles. The largest absolute Gasteiger partial charge is 0.497 e. The van der Waals surface area contributed by atoms with Gasteiger partial charge in [0.1, 0.15) is 23.2 Å². The predicted molar refractivity (Wildman–Crippen MR) is 59.9 cm³/mol. The van der Waals surface area contributed by atoms with E-state index in [1.807, 2.05) is 0 Å². The predicted octanol–water partition coefficient (Wildman–Crippen LogP) is 2.45. The van der Waals surface area contributed by atoms with Crippen LogP contribution in [0.4, 0.5) is 13.2 Å². The smallest absolute Gasteiger partial charge is 0.420 e. The van der Waals surface area contributed by atoms with E-state index in [9.17, 15) is 13.2 Å². The van der Waals surface area contributed by atoms with Crippen LogP contribution < -0.4 is 14.8 Å². The number of rotatable bonds is 3. The first kappa shape index (κ1) is 13.0. The molecule has 1 fully saturated rings. The summed E-state index contributed by atoms with van der Waals surface area (Å²) in [5, 5.41) is 3.04. The molecule has 0 saturated carbocycles. The maximum absolute atomic E-state index is 12.9. The van der Waals surface area contributed by atoms with E-state index in [1.165, 1.54) is 19.2 Å². The number of nitrogens with one attached hydrogen (secondary N) is 1. The normalized spacial score (nSPS) is 19.9. The molecule has 0 amide bonds. The fourth-order valence-electron chi connectivity index (χ4n) is 1.87. The highest BCUT2D eigenvalue weighted by Gasteiger charge is 2.35. The van der Waals surface area contributed by atoms with E-state index in [-0.39, 0.29) is 17.6 Å². The first-order chi connectivity index (χ1) is 8.50. The Morgan fingerprint density at radius 3 is 2.67 bits per heavy atom. The second kappa shape index (κ2) is 5.06. The zero-order valence-electron chi connectivity index (χ0n) is 9.88. The standard InChI is InChI=1S/C12H14F3NO2/c1-17-8-2-3-11(10(6-8)12(13,14)15)18-9-4-5-16-7-9/h2-3,6,9,16H,4-5,7H2,1H3. The highest BCUT2D eigenvalue weighted by Crippen LogP contribution is 2.39. The fraction of sp³-hybridized carbons (Fsp3) is 0.500. The molecule has 6 heteroatoms. The molecule has 1 saturated heterocycles. The van der Waals surface area contributed by atoms with Gasteiger partial charge in [0.05, 0.1) is 7.11 Å². The summed E-state index contributed by atoms with van der Waals surface area (Å²) < 4.78 is 48.9. The maximum atomic E-state index is 12.9. The van der Waals surface area contributed by atoms with E-state index in [4.69, 9.17) is 9.47 Å². The van der Waals surface area contributed by atoms with Crippen molar-refractivity contribution in [2.24, 2.45) is 0 Å². The molecule has 1 unspecified atom stereocenters. The van der Waals surface area contributed by atoms with Crippen LogP contribution in [0, 0.1) is 0 Å². The van der Waals surface area contributed by atoms with Crippen molar-refractivity contribution in [2.45, 2.75) is 18.7 Å². The van der Waals surface area contributed by atoms with E-state index >= 15 is 0 Å². The van der Waals surface area contributed by atoms with Crippen molar-refractivity contribution < 1.29 is 22.6 Å². The van der Waals surface area contributed by atoms with Crippen molar-refractivity contribution in [3.63, 3.8) is 0 Å². The molecule has 0 bridgehead atoms. The summed E-state index contributed by atoms with van der Waals surface area (Å²) in [6.07, 6.45) is -3.95. The Morgan fingerprint density at radius 2 is 2.11 bits per heavy atom. The molecular formula is C12H14F3NO2. The first-order valence-corrected chi connectivity index (χ1v) is 5.63. The Balaban J connectivity index is 2.27. The van der Waals surface area contributed by atoms with E-state index in [0.717, 1.165) is 12.6 Å². The van der Waals surface area contributed by atoms with Crippen molar-refractivity contribution in [2.75, 3.05) is 20.2 Å². The number of ether oxygens (including phenoxy) is 2. The van der Waals surface area contributed by atoms with Gasteiger partial charge < -0.3 is 14.8 Å². The average molecular weight is 261 g/mol. The summed E-state index contributed by atoms with van der Waals surface area (Å²) in [5.74, 6) is 0.0243. The van der Waals surface area contributed by atoms with Gasteiger partial charge in [0, 0.05) is 6.54 Å². The zero-order valence-corrected chi connectivity index (χ0v) is 9.88. The second-order valence-corrected chi connectivity index (χ2v) is 4.09. The molecule has 1 aliphatic rings. The van der Waals surface area contributed by atoms with Crippen LogP contribution in [0.25, 0.3) is 0 Å². The average Bonchev–Trinajstić information content (AvgIpc) is 2.81. The van der Waals surface area contributed by atoms with Crippen molar-refractivity contribution in [1.82, 2.24) is 5.32 Å². The molecule has 3 nitrogen and oxygen atoms in total. The van der Waals surface area contributed by atoms with Gasteiger partial charge in [0.2, 0.25) is 0 Å². The van der Waals surface area contributed by atoms with E-state index in [1.54, 1.807) is 0 Å². The number of hydrogen-bond donors (Lipinski definition) is 1. The first-order valence-electron chi connectivity index (χ1n) is 5.63. The number of hydrogen-bond acceptors (Lipinski definition) is 3. The van der Waals surface area contributed by atoms with Gasteiger partial charge in [-0.1, -0.05) is 0 Å². The molecule has 1 atom stereocenters. The Labute approximate surface area is 103 Å². The van der Waals surface area contributed by atoms with Crippen LogP contribution in [0.1, 0.15) is 12.0 Å². The molecule has 0 aliphatic carbocycles. The van der Waals surface area contributed by atoms with E-state index < -0.39 is 11.7 Å². The Bertz CT molecular complexity index is 414. The van der Waals surface area contributed by atoms with Gasteiger partial charge in [-0.15, -0.1) is 0 Å². The maximum Gasteiger partial charge on any atom is 0.420 e. The Hall–Kier alpha value is -1.43. The molecule has 1 aliphatic heterocycles. The van der Waals surface area contributed by atoms with Crippen molar-refractivity contribution >= 4 is 0 Å². The van der Waals surface area contributed by atoms with E-state index in [2.05, 4.69) is 5.32 Å². The van der Waals surface area contributed by atoms with Crippen molar-refractivity contribution in [3.8, 4) is 11.5 Å². The lowest BCUT2D eigenvalue weighted by atomic mass is 10.1. The Morgan fingerprint density at radius 1 is 1.33 bits per heavy atom. The molecule has 0 spiro atoms. The number of alkyl halides is 3. The minimum atomic E-state index is -4.45. The summed E-state index contributed by atoms with van der Waals surface area (Å²) in [5.41, 5.74) is -0.797. The topological polar surface area (TPSA) is 30.5 Å². The van der Waals surface area contributed by atoms with Gasteiger partial charge in [-0.3, -0.25) is 0 Å². The summed E-state index contributed by atoms with van der Waals surface area (Å²) >= 11 is 0. The molecule has 100 valence electrons. The molecule has 18 heavy (non-hydrogen) atoms. The van der Waals surface area contributed by atoms with Gasteiger partial charge in [0.15, 0.2) is 0 Å². The highest BCUT2D eigenvalue weighted by molar-refractivity contribution is 5.42. The minimum absolute atomic E-state index is 0.142. The zero-order chi connectivity index (χ0) is 13.2. The van der Waals surface area contributed by atoms with Crippen molar-refractivity contribution in [3.05, 3.63) is 23.8 Å². The molecule has 1 aromatic rings. The van der Waals surface area contributed by atoms with Crippen LogP contribution >= 0.6 is 0 Å². The summed E-state index contributed by atoms with van der Waals surface area (Å²) in [6.45, 7) is 1.34. The van der Waals surface area contributed by atoms with Crippen LogP contribution in [-0.2, 0) is 6.18 Å². The quantitative estimate of drug-likeness (QED) is 0.906. The highest BCUT2D eigenvalue weighted by atomic mass is 19.4. The monoisotopic (exact) mass is 261 g/mol. The van der Waals surface area contributed by atoms with Crippen LogP contribution in [0.3, 0.4) is 0 Å². The molecular weight excluding hydrogens is 247 g/mol. The van der Waals surface area contributed by atoms with Crippen LogP contribution in [0.15, 0.2) is 18.2 Å². The van der Waals surface area contributed by atoms with Gasteiger partial charge in [-0.2, -0.15) is 13.2 Å². The van der Waals surface area contributed by atoms with Gasteiger partial charge in [-0.25, -0.2) is 0 Å². The fourth-order valence-corrected chi connectivity index (χ4v) is 1.87. The van der Waals surface area contributed by atoms with Gasteiger partial charge in [0.25, 0.3) is 0 Å². The lowest BCUT2D eigenvalue weighted by molar-refractivity contribution is -0.139. The van der Waals surface area contributed by atoms with Crippen LogP contribution in [0.2, 0.25) is 0 Å². The number of methoxy groups -OCH3 is 1. The molecule has 0 radical (unpaired) electrons. The van der Waals surface area contributed by atoms with Gasteiger partial charge in [-0.05, 0) is 31.2 Å². The molecule has 2 rings (SSSR count).